The Morgan fingerprint density at radius 2 is 1.87 bits per heavy atom. The Hall–Kier alpha value is -3.29. The number of ether oxygens (including phenoxy) is 2. The number of methoxy groups -OCH3 is 1. The highest BCUT2D eigenvalue weighted by atomic mass is 35.5. The number of amides is 2. The standard InChI is InChI=1S/C21H17Cl2N3O4/c1-29-19-10-15(5-7-17(19)26-21(28)13-3-2-8-24-11-13)25-20(27)12-30-18-9-14(22)4-6-16(18)23/h2-11H,12H2,1H3,(H,25,27)(H,26,28). The first kappa shape index (κ1) is 21.4. The lowest BCUT2D eigenvalue weighted by atomic mass is 10.2. The largest absolute Gasteiger partial charge is 0.494 e. The highest BCUT2D eigenvalue weighted by Crippen LogP contribution is 2.29. The molecule has 2 aromatic carbocycles. The first-order valence-electron chi connectivity index (χ1n) is 8.73. The molecule has 0 aliphatic rings. The number of carbonyl (C=O) groups is 2. The quantitative estimate of drug-likeness (QED) is 0.551. The Morgan fingerprint density at radius 3 is 2.60 bits per heavy atom. The third-order valence-corrected chi connectivity index (χ3v) is 4.46. The SMILES string of the molecule is COc1cc(NC(=O)COc2cc(Cl)ccc2Cl)ccc1NC(=O)c1cccnc1. The molecule has 3 aromatic rings. The molecule has 30 heavy (non-hydrogen) atoms. The molecule has 0 saturated heterocycles. The second kappa shape index (κ2) is 9.96. The lowest BCUT2D eigenvalue weighted by Gasteiger charge is -2.13. The molecule has 3 rings (SSSR count). The van der Waals surface area contributed by atoms with Crippen molar-refractivity contribution < 1.29 is 19.1 Å². The van der Waals surface area contributed by atoms with Gasteiger partial charge in [0, 0.05) is 35.2 Å². The van der Waals surface area contributed by atoms with Crippen molar-refractivity contribution in [1.82, 2.24) is 4.98 Å². The second-order valence-corrected chi connectivity index (χ2v) is 6.87. The second-order valence-electron chi connectivity index (χ2n) is 6.02. The van der Waals surface area contributed by atoms with Crippen molar-refractivity contribution in [3.8, 4) is 11.5 Å². The summed E-state index contributed by atoms with van der Waals surface area (Å²) in [7, 11) is 1.46. The van der Waals surface area contributed by atoms with Gasteiger partial charge in [-0.3, -0.25) is 14.6 Å². The minimum atomic E-state index is -0.403. The van der Waals surface area contributed by atoms with Crippen LogP contribution in [0.4, 0.5) is 11.4 Å². The van der Waals surface area contributed by atoms with Crippen molar-refractivity contribution in [2.75, 3.05) is 24.4 Å². The van der Waals surface area contributed by atoms with Crippen LogP contribution in [0.15, 0.2) is 60.9 Å². The summed E-state index contributed by atoms with van der Waals surface area (Å²) in [6.07, 6.45) is 3.04. The van der Waals surface area contributed by atoms with E-state index in [-0.39, 0.29) is 12.5 Å². The molecule has 0 bridgehead atoms. The van der Waals surface area contributed by atoms with Crippen LogP contribution in [-0.4, -0.2) is 30.5 Å². The van der Waals surface area contributed by atoms with Crippen LogP contribution in [0.3, 0.4) is 0 Å². The summed E-state index contributed by atoms with van der Waals surface area (Å²) < 4.78 is 10.7. The van der Waals surface area contributed by atoms with Gasteiger partial charge in [-0.05, 0) is 36.4 Å². The zero-order valence-corrected chi connectivity index (χ0v) is 17.3. The van der Waals surface area contributed by atoms with Gasteiger partial charge < -0.3 is 20.1 Å². The third-order valence-electron chi connectivity index (χ3n) is 3.91. The number of halogens is 2. The topological polar surface area (TPSA) is 89.5 Å². The molecule has 0 radical (unpaired) electrons. The molecule has 1 aromatic heterocycles. The number of hydrogen-bond acceptors (Lipinski definition) is 5. The lowest BCUT2D eigenvalue weighted by Crippen LogP contribution is -2.20. The molecule has 0 aliphatic heterocycles. The van der Waals surface area contributed by atoms with Crippen LogP contribution in [-0.2, 0) is 4.79 Å². The van der Waals surface area contributed by atoms with E-state index in [4.69, 9.17) is 32.7 Å². The molecule has 0 unspecified atom stereocenters. The van der Waals surface area contributed by atoms with Crippen molar-refractivity contribution >= 4 is 46.4 Å². The average Bonchev–Trinajstić information content (AvgIpc) is 2.76. The minimum absolute atomic E-state index is 0.262. The van der Waals surface area contributed by atoms with E-state index in [1.807, 2.05) is 0 Å². The van der Waals surface area contributed by atoms with Gasteiger partial charge in [0.05, 0.1) is 23.4 Å². The molecular formula is C21H17Cl2N3O4. The lowest BCUT2D eigenvalue weighted by molar-refractivity contribution is -0.118. The third kappa shape index (κ3) is 5.62. The van der Waals surface area contributed by atoms with Crippen molar-refractivity contribution in [1.29, 1.82) is 0 Å². The maximum absolute atomic E-state index is 12.3. The molecule has 0 fully saturated rings. The summed E-state index contributed by atoms with van der Waals surface area (Å²) in [6, 6.07) is 12.9. The molecular weight excluding hydrogens is 429 g/mol. The van der Waals surface area contributed by atoms with E-state index in [0.29, 0.717) is 38.5 Å². The number of nitrogens with zero attached hydrogens (tertiary/aromatic N) is 1. The van der Waals surface area contributed by atoms with E-state index >= 15 is 0 Å². The Bertz CT molecular complexity index is 1060. The van der Waals surface area contributed by atoms with Gasteiger partial charge in [-0.1, -0.05) is 23.2 Å². The zero-order valence-electron chi connectivity index (χ0n) is 15.8. The van der Waals surface area contributed by atoms with E-state index in [9.17, 15) is 9.59 Å². The van der Waals surface area contributed by atoms with Crippen LogP contribution in [0.2, 0.25) is 10.0 Å². The van der Waals surface area contributed by atoms with Crippen molar-refractivity contribution in [2.45, 2.75) is 0 Å². The van der Waals surface area contributed by atoms with Crippen LogP contribution in [0.5, 0.6) is 11.5 Å². The van der Waals surface area contributed by atoms with Crippen LogP contribution < -0.4 is 20.1 Å². The molecule has 9 heteroatoms. The fraction of sp³-hybridized carbons (Fsp3) is 0.0952. The fourth-order valence-electron chi connectivity index (χ4n) is 2.49. The number of carbonyl (C=O) groups excluding carboxylic acids is 2. The van der Waals surface area contributed by atoms with Gasteiger partial charge in [0.15, 0.2) is 6.61 Å². The summed E-state index contributed by atoms with van der Waals surface area (Å²) in [5, 5.41) is 6.24. The monoisotopic (exact) mass is 445 g/mol. The Kier molecular flexibility index (Phi) is 7.11. The van der Waals surface area contributed by atoms with E-state index in [0.717, 1.165) is 0 Å². The number of pyridine rings is 1. The van der Waals surface area contributed by atoms with Gasteiger partial charge in [0.25, 0.3) is 11.8 Å². The van der Waals surface area contributed by atoms with E-state index in [1.54, 1.807) is 48.7 Å². The van der Waals surface area contributed by atoms with Crippen LogP contribution >= 0.6 is 23.2 Å². The van der Waals surface area contributed by atoms with E-state index in [1.165, 1.54) is 19.4 Å². The number of anilines is 2. The van der Waals surface area contributed by atoms with Crippen molar-refractivity contribution in [3.63, 3.8) is 0 Å². The summed E-state index contributed by atoms with van der Waals surface area (Å²) in [6.45, 7) is -0.262. The Morgan fingerprint density at radius 1 is 1.03 bits per heavy atom. The smallest absolute Gasteiger partial charge is 0.262 e. The number of hydrogen-bond donors (Lipinski definition) is 2. The van der Waals surface area contributed by atoms with E-state index in [2.05, 4.69) is 15.6 Å². The Labute approximate surface area is 182 Å². The number of nitrogens with one attached hydrogen (secondary N) is 2. The van der Waals surface area contributed by atoms with Gasteiger partial charge in [0.1, 0.15) is 11.5 Å². The van der Waals surface area contributed by atoms with Crippen LogP contribution in [0.1, 0.15) is 10.4 Å². The molecule has 1 heterocycles. The summed E-state index contributed by atoms with van der Waals surface area (Å²) in [5.41, 5.74) is 1.33. The molecule has 0 saturated carbocycles. The normalized spacial score (nSPS) is 10.2. The van der Waals surface area contributed by atoms with Gasteiger partial charge in [0.2, 0.25) is 0 Å². The Balaban J connectivity index is 1.63. The zero-order chi connectivity index (χ0) is 21.5. The highest BCUT2D eigenvalue weighted by Gasteiger charge is 2.12. The first-order valence-corrected chi connectivity index (χ1v) is 9.49. The first-order chi connectivity index (χ1) is 14.5. The predicted octanol–water partition coefficient (Wildman–Crippen LogP) is 4.67. The summed E-state index contributed by atoms with van der Waals surface area (Å²) in [5.74, 6) is -0.0422. The van der Waals surface area contributed by atoms with Crippen molar-refractivity contribution in [2.24, 2.45) is 0 Å². The van der Waals surface area contributed by atoms with Crippen molar-refractivity contribution in [3.05, 3.63) is 76.5 Å². The number of aromatic nitrogens is 1. The predicted molar refractivity (Wildman–Crippen MR) is 116 cm³/mol. The molecule has 154 valence electrons. The van der Waals surface area contributed by atoms with Gasteiger partial charge in [-0.25, -0.2) is 0 Å². The molecule has 0 aliphatic carbocycles. The fourth-order valence-corrected chi connectivity index (χ4v) is 2.83. The maximum Gasteiger partial charge on any atom is 0.262 e. The average molecular weight is 446 g/mol. The molecule has 2 N–H and O–H groups in total. The van der Waals surface area contributed by atoms with Gasteiger partial charge in [-0.15, -0.1) is 0 Å². The summed E-state index contributed by atoms with van der Waals surface area (Å²) >= 11 is 11.9. The number of benzene rings is 2. The summed E-state index contributed by atoms with van der Waals surface area (Å²) in [4.78, 5) is 28.4. The van der Waals surface area contributed by atoms with Crippen LogP contribution in [0, 0.1) is 0 Å². The molecule has 0 atom stereocenters. The highest BCUT2D eigenvalue weighted by molar-refractivity contribution is 6.34. The molecule has 7 nitrogen and oxygen atoms in total. The maximum atomic E-state index is 12.3. The minimum Gasteiger partial charge on any atom is -0.494 e. The number of rotatable bonds is 7. The van der Waals surface area contributed by atoms with Gasteiger partial charge >= 0.3 is 0 Å². The van der Waals surface area contributed by atoms with Gasteiger partial charge in [-0.2, -0.15) is 0 Å². The molecule has 2 amide bonds. The van der Waals surface area contributed by atoms with Crippen LogP contribution in [0.25, 0.3) is 0 Å². The van der Waals surface area contributed by atoms with E-state index < -0.39 is 5.91 Å². The molecule has 0 spiro atoms.